The van der Waals surface area contributed by atoms with E-state index in [0.717, 1.165) is 32.4 Å². The van der Waals surface area contributed by atoms with E-state index in [9.17, 15) is 4.79 Å². The number of aromatic nitrogens is 1. The van der Waals surface area contributed by atoms with Crippen molar-refractivity contribution >= 4 is 16.8 Å². The number of nitrogens with one attached hydrogen (secondary N) is 2. The lowest BCUT2D eigenvalue weighted by Gasteiger charge is -2.25. The molecule has 4 heteroatoms. The summed E-state index contributed by atoms with van der Waals surface area (Å²) < 4.78 is 2.25. The third-order valence-electron chi connectivity index (χ3n) is 5.12. The molecule has 1 amide bonds. The number of rotatable bonds is 7. The van der Waals surface area contributed by atoms with Gasteiger partial charge < -0.3 is 9.88 Å². The summed E-state index contributed by atoms with van der Waals surface area (Å²) in [6.07, 6.45) is 6.82. The van der Waals surface area contributed by atoms with Gasteiger partial charge in [0.05, 0.1) is 6.04 Å². The van der Waals surface area contributed by atoms with Crippen molar-refractivity contribution in [2.75, 3.05) is 6.54 Å². The summed E-state index contributed by atoms with van der Waals surface area (Å²) in [7, 11) is 0. The maximum atomic E-state index is 12.7. The van der Waals surface area contributed by atoms with Crippen LogP contribution in [0.3, 0.4) is 0 Å². The molecule has 0 saturated heterocycles. The zero-order valence-electron chi connectivity index (χ0n) is 16.2. The molecule has 3 rings (SSSR count). The predicted molar refractivity (Wildman–Crippen MR) is 108 cm³/mol. The molecule has 26 heavy (non-hydrogen) atoms. The number of benzene rings is 1. The molecule has 1 aliphatic rings. The lowest BCUT2D eigenvalue weighted by Crippen LogP contribution is -2.46. The van der Waals surface area contributed by atoms with Gasteiger partial charge in [0, 0.05) is 36.2 Å². The van der Waals surface area contributed by atoms with E-state index in [1.165, 1.54) is 22.0 Å². The zero-order valence-corrected chi connectivity index (χ0v) is 16.2. The first kappa shape index (κ1) is 18.7. The van der Waals surface area contributed by atoms with Crippen molar-refractivity contribution in [2.45, 2.75) is 58.7 Å². The molecule has 0 aliphatic carbocycles. The van der Waals surface area contributed by atoms with Gasteiger partial charge in [-0.25, -0.2) is 0 Å². The van der Waals surface area contributed by atoms with Gasteiger partial charge in [-0.1, -0.05) is 39.0 Å². The van der Waals surface area contributed by atoms with Crippen LogP contribution in [-0.4, -0.2) is 23.1 Å². The van der Waals surface area contributed by atoms with E-state index in [0.29, 0.717) is 5.92 Å². The van der Waals surface area contributed by atoms with Crippen molar-refractivity contribution in [1.82, 2.24) is 15.2 Å². The Hall–Kier alpha value is -2.07. The highest BCUT2D eigenvalue weighted by atomic mass is 16.2. The Morgan fingerprint density at radius 1 is 1.46 bits per heavy atom. The Balaban J connectivity index is 2.06. The lowest BCUT2D eigenvalue weighted by atomic mass is 9.94. The van der Waals surface area contributed by atoms with E-state index in [2.05, 4.69) is 66.9 Å². The van der Waals surface area contributed by atoms with Gasteiger partial charge in [-0.3, -0.25) is 10.1 Å². The Labute approximate surface area is 156 Å². The summed E-state index contributed by atoms with van der Waals surface area (Å²) in [5, 5.41) is 8.05. The number of carbonyl (C=O) groups is 1. The van der Waals surface area contributed by atoms with Crippen LogP contribution in [0.25, 0.3) is 10.9 Å². The molecule has 0 spiro atoms. The van der Waals surface area contributed by atoms with Crippen LogP contribution < -0.4 is 10.6 Å². The van der Waals surface area contributed by atoms with Crippen molar-refractivity contribution in [2.24, 2.45) is 5.92 Å². The second kappa shape index (κ2) is 8.09. The van der Waals surface area contributed by atoms with E-state index >= 15 is 0 Å². The number of allylic oxidation sites excluding steroid dienone is 1. The Kier molecular flexibility index (Phi) is 5.82. The van der Waals surface area contributed by atoms with Crippen molar-refractivity contribution in [3.8, 4) is 0 Å². The van der Waals surface area contributed by atoms with Gasteiger partial charge in [0.2, 0.25) is 5.91 Å². The molecule has 1 aromatic heterocycles. The van der Waals surface area contributed by atoms with Crippen molar-refractivity contribution in [1.29, 1.82) is 0 Å². The van der Waals surface area contributed by atoms with Crippen LogP contribution in [-0.2, 0) is 17.8 Å². The number of nitrogens with zero attached hydrogens (tertiary/aromatic N) is 1. The van der Waals surface area contributed by atoms with E-state index in [4.69, 9.17) is 0 Å². The van der Waals surface area contributed by atoms with Gasteiger partial charge in [-0.05, 0) is 42.4 Å². The molecule has 0 bridgehead atoms. The zero-order chi connectivity index (χ0) is 18.7. The normalized spacial score (nSPS) is 19.5. The molecular weight excluding hydrogens is 322 g/mol. The minimum atomic E-state index is -0.194. The average Bonchev–Trinajstić information content (AvgIpc) is 2.87. The Bertz CT molecular complexity index is 790. The summed E-state index contributed by atoms with van der Waals surface area (Å²) >= 11 is 0. The van der Waals surface area contributed by atoms with Gasteiger partial charge in [0.1, 0.15) is 0 Å². The standard InChI is InChI=1S/C22H31N3O/c1-5-10-23-22(26)19-13-16-14-25(11-6-2)20-9-7-8-17(21(16)20)18(24-19)12-15(3)4/h6-9,14-15,18-19,24H,2,5,10-13H2,1,3-4H3,(H,23,26)/t18-,19-/m0/s1. The fourth-order valence-electron chi connectivity index (χ4n) is 4.02. The molecule has 0 fully saturated rings. The lowest BCUT2D eigenvalue weighted by molar-refractivity contribution is -0.123. The van der Waals surface area contributed by atoms with Gasteiger partial charge in [0.25, 0.3) is 0 Å². The summed E-state index contributed by atoms with van der Waals surface area (Å²) in [6, 6.07) is 6.53. The number of hydrogen-bond donors (Lipinski definition) is 2. The van der Waals surface area contributed by atoms with E-state index < -0.39 is 0 Å². The molecule has 2 heterocycles. The highest BCUT2D eigenvalue weighted by Crippen LogP contribution is 2.35. The van der Waals surface area contributed by atoms with Crippen molar-refractivity contribution < 1.29 is 4.79 Å². The molecule has 2 atom stereocenters. The van der Waals surface area contributed by atoms with Gasteiger partial charge >= 0.3 is 0 Å². The van der Waals surface area contributed by atoms with E-state index in [1.54, 1.807) is 0 Å². The smallest absolute Gasteiger partial charge is 0.237 e. The number of hydrogen-bond acceptors (Lipinski definition) is 2. The molecular formula is C22H31N3O. The quantitative estimate of drug-likeness (QED) is 0.740. The first-order chi connectivity index (χ1) is 12.5. The van der Waals surface area contributed by atoms with Gasteiger partial charge in [0.15, 0.2) is 0 Å². The minimum Gasteiger partial charge on any atom is -0.355 e. The molecule has 2 aromatic rings. The van der Waals surface area contributed by atoms with E-state index in [-0.39, 0.29) is 18.0 Å². The molecule has 1 aliphatic heterocycles. The number of carbonyl (C=O) groups excluding carboxylic acids is 1. The van der Waals surface area contributed by atoms with Crippen LogP contribution in [0.15, 0.2) is 37.1 Å². The van der Waals surface area contributed by atoms with Crippen LogP contribution in [0.2, 0.25) is 0 Å². The third kappa shape index (κ3) is 3.70. The average molecular weight is 354 g/mol. The fraction of sp³-hybridized carbons (Fsp3) is 0.500. The highest BCUT2D eigenvalue weighted by molar-refractivity contribution is 5.90. The first-order valence-corrected chi connectivity index (χ1v) is 9.80. The maximum Gasteiger partial charge on any atom is 0.237 e. The molecule has 0 unspecified atom stereocenters. The summed E-state index contributed by atoms with van der Waals surface area (Å²) in [6.45, 7) is 12.0. The molecule has 140 valence electrons. The summed E-state index contributed by atoms with van der Waals surface area (Å²) in [5.74, 6) is 0.664. The Morgan fingerprint density at radius 3 is 2.96 bits per heavy atom. The highest BCUT2D eigenvalue weighted by Gasteiger charge is 2.30. The monoisotopic (exact) mass is 353 g/mol. The molecule has 2 N–H and O–H groups in total. The summed E-state index contributed by atoms with van der Waals surface area (Å²) in [5.41, 5.74) is 3.82. The largest absolute Gasteiger partial charge is 0.355 e. The SMILES string of the molecule is C=CCn1cc2c3c(cccc31)[C@H](CC(C)C)N[C@H](C(=O)NCCC)C2. The van der Waals surface area contributed by atoms with E-state index in [1.807, 2.05) is 6.08 Å². The first-order valence-electron chi connectivity index (χ1n) is 9.80. The van der Waals surface area contributed by atoms with Crippen molar-refractivity contribution in [3.05, 3.63) is 48.2 Å². The van der Waals surface area contributed by atoms with Crippen LogP contribution in [0.1, 0.15) is 50.8 Å². The van der Waals surface area contributed by atoms with Gasteiger partial charge in [-0.15, -0.1) is 6.58 Å². The van der Waals surface area contributed by atoms with Crippen LogP contribution in [0.5, 0.6) is 0 Å². The molecule has 0 radical (unpaired) electrons. The molecule has 4 nitrogen and oxygen atoms in total. The van der Waals surface area contributed by atoms with Crippen LogP contribution >= 0.6 is 0 Å². The second-order valence-corrected chi connectivity index (χ2v) is 7.73. The van der Waals surface area contributed by atoms with Crippen LogP contribution in [0.4, 0.5) is 0 Å². The summed E-state index contributed by atoms with van der Waals surface area (Å²) in [4.78, 5) is 12.7. The fourth-order valence-corrected chi connectivity index (χ4v) is 4.02. The minimum absolute atomic E-state index is 0.109. The maximum absolute atomic E-state index is 12.7. The van der Waals surface area contributed by atoms with Crippen molar-refractivity contribution in [3.63, 3.8) is 0 Å². The Morgan fingerprint density at radius 2 is 2.27 bits per heavy atom. The van der Waals surface area contributed by atoms with Gasteiger partial charge in [-0.2, -0.15) is 0 Å². The third-order valence-corrected chi connectivity index (χ3v) is 5.12. The number of amides is 1. The second-order valence-electron chi connectivity index (χ2n) is 7.73. The molecule has 1 aromatic carbocycles. The topological polar surface area (TPSA) is 46.1 Å². The predicted octanol–water partition coefficient (Wildman–Crippen LogP) is 3.96. The molecule has 0 saturated carbocycles. The van der Waals surface area contributed by atoms with Crippen LogP contribution in [0, 0.1) is 5.92 Å².